The first kappa shape index (κ1) is 14.7. The Bertz CT molecular complexity index is 279. The molecular formula is C11H20N2O5. The Morgan fingerprint density at radius 3 is 2.72 bits per heavy atom. The molecular weight excluding hydrogens is 240 g/mol. The van der Waals surface area contributed by atoms with Crippen molar-refractivity contribution in [2.45, 2.75) is 37.8 Å². The highest BCUT2D eigenvalue weighted by Crippen LogP contribution is 2.11. The lowest BCUT2D eigenvalue weighted by Crippen LogP contribution is -2.48. The number of aliphatic hydroxyl groups is 1. The minimum atomic E-state index is -1.16. The van der Waals surface area contributed by atoms with Crippen LogP contribution in [0.5, 0.6) is 0 Å². The van der Waals surface area contributed by atoms with Gasteiger partial charge in [-0.1, -0.05) is 0 Å². The van der Waals surface area contributed by atoms with Gasteiger partial charge >= 0.3 is 12.0 Å². The largest absolute Gasteiger partial charge is 0.480 e. The predicted octanol–water partition coefficient (Wildman–Crippen LogP) is -0.310. The van der Waals surface area contributed by atoms with E-state index in [-0.39, 0.29) is 19.1 Å². The molecule has 104 valence electrons. The quantitative estimate of drug-likeness (QED) is 0.524. The van der Waals surface area contributed by atoms with Crippen molar-refractivity contribution in [2.75, 3.05) is 19.8 Å². The number of nitrogens with one attached hydrogen (secondary N) is 2. The van der Waals surface area contributed by atoms with Crippen molar-refractivity contribution in [1.29, 1.82) is 0 Å². The highest BCUT2D eigenvalue weighted by Gasteiger charge is 2.20. The fraction of sp³-hybridized carbons (Fsp3) is 0.818. The molecule has 2 amide bonds. The van der Waals surface area contributed by atoms with Gasteiger partial charge in [0, 0.05) is 26.2 Å². The summed E-state index contributed by atoms with van der Waals surface area (Å²) in [5.74, 6) is -1.16. The lowest BCUT2D eigenvalue weighted by Gasteiger charge is -2.23. The molecule has 18 heavy (non-hydrogen) atoms. The van der Waals surface area contributed by atoms with Crippen LogP contribution in [0.1, 0.15) is 25.7 Å². The first-order valence-corrected chi connectivity index (χ1v) is 6.13. The zero-order chi connectivity index (χ0) is 13.4. The molecule has 7 heteroatoms. The molecule has 1 aliphatic heterocycles. The zero-order valence-corrected chi connectivity index (χ0v) is 10.2. The Kier molecular flexibility index (Phi) is 6.45. The molecule has 1 saturated heterocycles. The number of hydrogen-bond donors (Lipinski definition) is 4. The van der Waals surface area contributed by atoms with Crippen molar-refractivity contribution in [3.8, 4) is 0 Å². The molecule has 1 fully saturated rings. The molecule has 7 nitrogen and oxygen atoms in total. The first-order chi connectivity index (χ1) is 8.63. The van der Waals surface area contributed by atoms with Crippen LogP contribution in [0.4, 0.5) is 4.79 Å². The maximum absolute atomic E-state index is 11.5. The number of ether oxygens (including phenoxy) is 1. The number of aliphatic hydroxyl groups excluding tert-OH is 1. The van der Waals surface area contributed by atoms with Crippen molar-refractivity contribution < 1.29 is 24.5 Å². The molecule has 0 aromatic heterocycles. The van der Waals surface area contributed by atoms with E-state index in [9.17, 15) is 9.59 Å². The van der Waals surface area contributed by atoms with Crippen LogP contribution in [0.3, 0.4) is 0 Å². The molecule has 0 aromatic carbocycles. The lowest BCUT2D eigenvalue weighted by atomic mass is 10.1. The Morgan fingerprint density at radius 2 is 2.17 bits per heavy atom. The summed E-state index contributed by atoms with van der Waals surface area (Å²) in [6.07, 6.45) is 3.02. The van der Waals surface area contributed by atoms with E-state index < -0.39 is 18.0 Å². The van der Waals surface area contributed by atoms with Crippen LogP contribution in [0.2, 0.25) is 0 Å². The van der Waals surface area contributed by atoms with Gasteiger partial charge in [0.05, 0.1) is 6.10 Å². The van der Waals surface area contributed by atoms with Crippen LogP contribution >= 0.6 is 0 Å². The van der Waals surface area contributed by atoms with E-state index in [0.717, 1.165) is 19.3 Å². The first-order valence-electron chi connectivity index (χ1n) is 6.13. The number of rotatable bonds is 6. The molecule has 2 atom stereocenters. The van der Waals surface area contributed by atoms with Gasteiger partial charge in [0.1, 0.15) is 6.04 Å². The third-order valence-corrected chi connectivity index (χ3v) is 2.79. The third-order valence-electron chi connectivity index (χ3n) is 2.79. The summed E-state index contributed by atoms with van der Waals surface area (Å²) < 4.78 is 5.43. The Morgan fingerprint density at radius 1 is 1.39 bits per heavy atom. The van der Waals surface area contributed by atoms with Crippen LogP contribution in [0.15, 0.2) is 0 Å². The Balaban J connectivity index is 2.24. The van der Waals surface area contributed by atoms with Crippen LogP contribution in [0, 0.1) is 0 Å². The molecule has 1 rings (SSSR count). The number of amides is 2. The molecule has 0 radical (unpaired) electrons. The lowest BCUT2D eigenvalue weighted by molar-refractivity contribution is -0.139. The fourth-order valence-corrected chi connectivity index (χ4v) is 1.77. The van der Waals surface area contributed by atoms with Crippen molar-refractivity contribution in [3.63, 3.8) is 0 Å². The molecule has 1 aliphatic rings. The highest BCUT2D eigenvalue weighted by molar-refractivity contribution is 5.82. The van der Waals surface area contributed by atoms with Crippen LogP contribution in [0.25, 0.3) is 0 Å². The van der Waals surface area contributed by atoms with Crippen LogP contribution < -0.4 is 10.6 Å². The van der Waals surface area contributed by atoms with Crippen LogP contribution in [-0.4, -0.2) is 54.1 Å². The number of hydrogen-bond acceptors (Lipinski definition) is 4. The zero-order valence-electron chi connectivity index (χ0n) is 10.2. The summed E-state index contributed by atoms with van der Waals surface area (Å²) in [5, 5.41) is 22.3. The summed E-state index contributed by atoms with van der Waals surface area (Å²) >= 11 is 0. The van der Waals surface area contributed by atoms with Crippen molar-refractivity contribution in [1.82, 2.24) is 10.6 Å². The van der Waals surface area contributed by atoms with Gasteiger partial charge in [0.2, 0.25) is 0 Å². The minimum absolute atomic E-state index is 0.00520. The molecule has 1 heterocycles. The Labute approximate surface area is 106 Å². The topological polar surface area (TPSA) is 108 Å². The average molecular weight is 260 g/mol. The molecule has 0 bridgehead atoms. The summed E-state index contributed by atoms with van der Waals surface area (Å²) in [6, 6.07) is -1.62. The molecule has 0 aromatic rings. The smallest absolute Gasteiger partial charge is 0.326 e. The van der Waals surface area contributed by atoms with Gasteiger partial charge in [-0.3, -0.25) is 0 Å². The maximum atomic E-state index is 11.5. The third kappa shape index (κ3) is 5.33. The van der Waals surface area contributed by atoms with E-state index in [0.29, 0.717) is 13.2 Å². The fourth-order valence-electron chi connectivity index (χ4n) is 1.77. The second-order valence-corrected chi connectivity index (χ2v) is 4.25. The highest BCUT2D eigenvalue weighted by atomic mass is 16.5. The average Bonchev–Trinajstić information content (AvgIpc) is 2.37. The van der Waals surface area contributed by atoms with E-state index in [1.54, 1.807) is 0 Å². The van der Waals surface area contributed by atoms with Gasteiger partial charge in [0.25, 0.3) is 0 Å². The second kappa shape index (κ2) is 7.88. The van der Waals surface area contributed by atoms with Gasteiger partial charge in [-0.15, -0.1) is 0 Å². The van der Waals surface area contributed by atoms with E-state index in [1.807, 2.05) is 0 Å². The van der Waals surface area contributed by atoms with E-state index in [1.165, 1.54) is 0 Å². The number of aliphatic carboxylic acids is 1. The molecule has 1 unspecified atom stereocenters. The van der Waals surface area contributed by atoms with Gasteiger partial charge in [-0.2, -0.15) is 0 Å². The molecule has 4 N–H and O–H groups in total. The van der Waals surface area contributed by atoms with Crippen molar-refractivity contribution >= 4 is 12.0 Å². The number of carbonyl (C=O) groups is 2. The van der Waals surface area contributed by atoms with Crippen LogP contribution in [-0.2, 0) is 9.53 Å². The SMILES string of the molecule is O=C(NCC1CCCCO1)N[C@@H](CCO)C(=O)O. The number of urea groups is 1. The van der Waals surface area contributed by atoms with E-state index in [2.05, 4.69) is 10.6 Å². The number of carboxylic acids is 1. The minimum Gasteiger partial charge on any atom is -0.480 e. The predicted molar refractivity (Wildman–Crippen MR) is 63.3 cm³/mol. The van der Waals surface area contributed by atoms with Gasteiger partial charge in [0.15, 0.2) is 0 Å². The standard InChI is InChI=1S/C11H20N2O5/c14-5-4-9(10(15)16)13-11(17)12-7-8-3-1-2-6-18-8/h8-9,14H,1-7H2,(H,15,16)(H2,12,13,17)/t8?,9-/m0/s1. The van der Waals surface area contributed by atoms with E-state index >= 15 is 0 Å². The van der Waals surface area contributed by atoms with Gasteiger partial charge in [-0.25, -0.2) is 9.59 Å². The maximum Gasteiger partial charge on any atom is 0.326 e. The molecule has 0 aliphatic carbocycles. The summed E-state index contributed by atoms with van der Waals surface area (Å²) in [7, 11) is 0. The Hall–Kier alpha value is -1.34. The van der Waals surface area contributed by atoms with E-state index in [4.69, 9.17) is 14.9 Å². The second-order valence-electron chi connectivity index (χ2n) is 4.25. The van der Waals surface area contributed by atoms with Crippen molar-refractivity contribution in [2.24, 2.45) is 0 Å². The summed E-state index contributed by atoms with van der Waals surface area (Å²) in [4.78, 5) is 22.2. The van der Waals surface area contributed by atoms with Gasteiger partial charge in [-0.05, 0) is 19.3 Å². The van der Waals surface area contributed by atoms with Crippen molar-refractivity contribution in [3.05, 3.63) is 0 Å². The number of carbonyl (C=O) groups excluding carboxylic acids is 1. The number of carboxylic acid groups (broad SMARTS) is 1. The van der Waals surface area contributed by atoms with Gasteiger partial charge < -0.3 is 25.6 Å². The monoisotopic (exact) mass is 260 g/mol. The normalized spacial score (nSPS) is 21.1. The molecule has 0 saturated carbocycles. The summed E-state index contributed by atoms with van der Waals surface area (Å²) in [6.45, 7) is 0.788. The summed E-state index contributed by atoms with van der Waals surface area (Å²) in [5.41, 5.74) is 0. The molecule has 0 spiro atoms.